The third-order valence-corrected chi connectivity index (χ3v) is 2.37. The molecule has 0 amide bonds. The maximum absolute atomic E-state index is 12.1. The normalized spacial score (nSPS) is 10.3. The number of halogens is 1. The molecule has 0 atom stereocenters. The molecule has 18 heavy (non-hydrogen) atoms. The van der Waals surface area contributed by atoms with Crippen molar-refractivity contribution in [1.29, 1.82) is 0 Å². The van der Waals surface area contributed by atoms with Gasteiger partial charge < -0.3 is 15.5 Å². The largest absolute Gasteiger partial charge is 0.437 e. The van der Waals surface area contributed by atoms with Crippen LogP contribution in [0.3, 0.4) is 0 Å². The van der Waals surface area contributed by atoms with Gasteiger partial charge in [0.2, 0.25) is 5.88 Å². The Hall–Kier alpha value is -2.37. The van der Waals surface area contributed by atoms with E-state index < -0.39 is 12.2 Å². The number of nitrogen functional groups attached to an aromatic ring is 1. The van der Waals surface area contributed by atoms with E-state index in [0.717, 1.165) is 5.56 Å². The first-order chi connectivity index (χ1) is 8.70. The van der Waals surface area contributed by atoms with Crippen LogP contribution in [0.25, 0.3) is 0 Å². The number of aromatic nitrogens is 2. The van der Waals surface area contributed by atoms with Gasteiger partial charge in [-0.25, -0.2) is 4.98 Å². The van der Waals surface area contributed by atoms with Crippen molar-refractivity contribution in [2.45, 2.75) is 6.42 Å². The lowest BCUT2D eigenvalue weighted by Gasteiger charge is -2.06. The van der Waals surface area contributed by atoms with Gasteiger partial charge in [0.15, 0.2) is 5.69 Å². The fraction of sp³-hybridized carbons (Fsp3) is 0.167. The minimum atomic E-state index is -0.450. The maximum Gasteiger partial charge on any atom is 0.277 e. The van der Waals surface area contributed by atoms with E-state index in [1.54, 1.807) is 24.3 Å². The number of anilines is 1. The minimum Gasteiger partial charge on any atom is -0.437 e. The minimum absolute atomic E-state index is 0.0528. The van der Waals surface area contributed by atoms with Crippen molar-refractivity contribution in [1.82, 2.24) is 9.97 Å². The summed E-state index contributed by atoms with van der Waals surface area (Å²) in [5.41, 5.74) is 5.87. The van der Waals surface area contributed by atoms with Gasteiger partial charge in [-0.1, -0.05) is 12.1 Å². The lowest BCUT2D eigenvalue weighted by Crippen LogP contribution is -2.13. The molecule has 0 saturated carbocycles. The summed E-state index contributed by atoms with van der Waals surface area (Å²) in [6, 6.07) is 6.84. The van der Waals surface area contributed by atoms with Gasteiger partial charge in [0.25, 0.3) is 5.56 Å². The molecule has 6 heteroatoms. The highest BCUT2D eigenvalue weighted by atomic mass is 19.1. The van der Waals surface area contributed by atoms with Gasteiger partial charge in [-0.2, -0.15) is 0 Å². The molecule has 0 fully saturated rings. The topological polar surface area (TPSA) is 81.0 Å². The highest BCUT2D eigenvalue weighted by molar-refractivity contribution is 5.47. The SMILES string of the molecule is Nc1c(Oc2ccc(CCF)cc2)nc[nH]c1=O. The number of nitrogens with two attached hydrogens (primary N) is 1. The van der Waals surface area contributed by atoms with Crippen LogP contribution in [0.2, 0.25) is 0 Å². The summed E-state index contributed by atoms with van der Waals surface area (Å²) in [5.74, 6) is 0.541. The van der Waals surface area contributed by atoms with Crippen molar-refractivity contribution >= 4 is 5.69 Å². The predicted molar refractivity (Wildman–Crippen MR) is 65.5 cm³/mol. The maximum atomic E-state index is 12.1. The number of alkyl halides is 1. The molecular weight excluding hydrogens is 237 g/mol. The Kier molecular flexibility index (Phi) is 3.57. The van der Waals surface area contributed by atoms with Crippen LogP contribution in [-0.4, -0.2) is 16.6 Å². The number of hydrogen-bond acceptors (Lipinski definition) is 4. The zero-order valence-electron chi connectivity index (χ0n) is 9.52. The van der Waals surface area contributed by atoms with E-state index in [4.69, 9.17) is 10.5 Å². The van der Waals surface area contributed by atoms with E-state index in [0.29, 0.717) is 12.2 Å². The van der Waals surface area contributed by atoms with Crippen molar-refractivity contribution < 1.29 is 9.13 Å². The average Bonchev–Trinajstić information content (AvgIpc) is 2.38. The van der Waals surface area contributed by atoms with Crippen molar-refractivity contribution in [2.75, 3.05) is 12.4 Å². The highest BCUT2D eigenvalue weighted by Crippen LogP contribution is 2.22. The molecule has 0 bridgehead atoms. The quantitative estimate of drug-likeness (QED) is 0.863. The monoisotopic (exact) mass is 249 g/mol. The summed E-state index contributed by atoms with van der Waals surface area (Å²) < 4.78 is 17.5. The Bertz CT molecular complexity index is 581. The van der Waals surface area contributed by atoms with E-state index in [2.05, 4.69) is 9.97 Å². The van der Waals surface area contributed by atoms with E-state index >= 15 is 0 Å². The number of aromatic amines is 1. The molecule has 0 aliphatic carbocycles. The van der Waals surface area contributed by atoms with Crippen LogP contribution in [0.1, 0.15) is 5.56 Å². The van der Waals surface area contributed by atoms with Gasteiger partial charge in [0.1, 0.15) is 5.75 Å². The molecule has 0 aliphatic heterocycles. The second kappa shape index (κ2) is 5.31. The van der Waals surface area contributed by atoms with Gasteiger partial charge in [-0.15, -0.1) is 0 Å². The molecule has 5 nitrogen and oxygen atoms in total. The molecular formula is C12H12FN3O2. The summed E-state index contributed by atoms with van der Waals surface area (Å²) in [4.78, 5) is 17.4. The van der Waals surface area contributed by atoms with Crippen molar-refractivity contribution in [3.8, 4) is 11.6 Å². The Morgan fingerprint density at radius 3 is 2.72 bits per heavy atom. The molecule has 2 rings (SSSR count). The fourth-order valence-electron chi connectivity index (χ4n) is 1.42. The summed E-state index contributed by atoms with van der Waals surface area (Å²) in [6.07, 6.45) is 1.58. The lowest BCUT2D eigenvalue weighted by atomic mass is 10.2. The number of H-pyrrole nitrogens is 1. The number of nitrogens with zero attached hydrogens (tertiary/aromatic N) is 1. The first-order valence-corrected chi connectivity index (χ1v) is 5.36. The summed E-state index contributed by atoms with van der Waals surface area (Å²) in [6.45, 7) is -0.400. The third kappa shape index (κ3) is 2.65. The number of ether oxygens (including phenoxy) is 1. The van der Waals surface area contributed by atoms with Crippen LogP contribution in [0.5, 0.6) is 11.6 Å². The van der Waals surface area contributed by atoms with Crippen LogP contribution in [-0.2, 0) is 6.42 Å². The molecule has 94 valence electrons. The van der Waals surface area contributed by atoms with Crippen LogP contribution in [0.4, 0.5) is 10.1 Å². The number of aryl methyl sites for hydroxylation is 1. The van der Waals surface area contributed by atoms with E-state index in [9.17, 15) is 9.18 Å². The second-order valence-electron chi connectivity index (χ2n) is 3.64. The average molecular weight is 249 g/mol. The molecule has 1 aromatic heterocycles. The van der Waals surface area contributed by atoms with Crippen LogP contribution in [0, 0.1) is 0 Å². The molecule has 0 radical (unpaired) electrons. The van der Waals surface area contributed by atoms with Gasteiger partial charge >= 0.3 is 0 Å². The zero-order chi connectivity index (χ0) is 13.0. The fourth-order valence-corrected chi connectivity index (χ4v) is 1.42. The van der Waals surface area contributed by atoms with Gasteiger partial charge in [-0.3, -0.25) is 9.18 Å². The summed E-state index contributed by atoms with van der Waals surface area (Å²) in [5, 5.41) is 0. The Labute approximate surface area is 102 Å². The van der Waals surface area contributed by atoms with Gasteiger partial charge in [0, 0.05) is 6.42 Å². The molecule has 0 spiro atoms. The first-order valence-electron chi connectivity index (χ1n) is 5.36. The van der Waals surface area contributed by atoms with Crippen molar-refractivity contribution in [2.24, 2.45) is 0 Å². The number of rotatable bonds is 4. The zero-order valence-corrected chi connectivity index (χ0v) is 9.52. The van der Waals surface area contributed by atoms with Crippen LogP contribution < -0.4 is 16.0 Å². The highest BCUT2D eigenvalue weighted by Gasteiger charge is 2.06. The third-order valence-electron chi connectivity index (χ3n) is 2.37. The Morgan fingerprint density at radius 1 is 1.33 bits per heavy atom. The Morgan fingerprint density at radius 2 is 2.06 bits per heavy atom. The molecule has 0 aliphatic rings. The molecule has 2 aromatic rings. The molecule has 1 aromatic carbocycles. The number of hydrogen-bond donors (Lipinski definition) is 2. The van der Waals surface area contributed by atoms with E-state index in [1.807, 2.05) is 0 Å². The van der Waals surface area contributed by atoms with Gasteiger partial charge in [0.05, 0.1) is 13.0 Å². The smallest absolute Gasteiger partial charge is 0.277 e. The molecule has 3 N–H and O–H groups in total. The number of nitrogens with one attached hydrogen (secondary N) is 1. The number of benzene rings is 1. The van der Waals surface area contributed by atoms with Crippen molar-refractivity contribution in [3.63, 3.8) is 0 Å². The molecule has 0 saturated heterocycles. The van der Waals surface area contributed by atoms with Crippen LogP contribution >= 0.6 is 0 Å². The van der Waals surface area contributed by atoms with E-state index in [1.165, 1.54) is 6.33 Å². The Balaban J connectivity index is 2.18. The van der Waals surface area contributed by atoms with Gasteiger partial charge in [-0.05, 0) is 17.7 Å². The molecule has 1 heterocycles. The van der Waals surface area contributed by atoms with Crippen LogP contribution in [0.15, 0.2) is 35.4 Å². The lowest BCUT2D eigenvalue weighted by molar-refractivity contribution is 0.462. The van der Waals surface area contributed by atoms with Crippen molar-refractivity contribution in [3.05, 3.63) is 46.5 Å². The predicted octanol–water partition coefficient (Wildman–Crippen LogP) is 1.66. The molecule has 0 unspecified atom stereocenters. The van der Waals surface area contributed by atoms with E-state index in [-0.39, 0.29) is 11.6 Å². The second-order valence-corrected chi connectivity index (χ2v) is 3.64. The summed E-state index contributed by atoms with van der Waals surface area (Å²) >= 11 is 0. The summed E-state index contributed by atoms with van der Waals surface area (Å²) in [7, 11) is 0. The standard InChI is InChI=1S/C12H12FN3O2/c13-6-5-8-1-3-9(4-2-8)18-12-10(14)11(17)15-7-16-12/h1-4,7H,5-6,14H2,(H,15,16,17). The first kappa shape index (κ1) is 12.1.